The standard InChI is InChI=1S/C16H32N4OS/c1-19(2)14-6-9-20(10-7-14)11-8-17-16(21)18-13-4-5-15(12-13)22-3/h13-15H,4-12H2,1-3H3,(H2,17,18,21)/t13-,15-/m0/s1. The van der Waals surface area contributed by atoms with Gasteiger partial charge in [-0.3, -0.25) is 0 Å². The molecule has 2 amide bonds. The van der Waals surface area contributed by atoms with Crippen molar-refractivity contribution in [3.05, 3.63) is 0 Å². The third-order valence-electron chi connectivity index (χ3n) is 5.05. The SMILES string of the molecule is CS[C@H]1CC[C@H](NC(=O)NCCN2CCC(N(C)C)CC2)C1. The van der Waals surface area contributed by atoms with E-state index in [9.17, 15) is 4.79 Å². The van der Waals surface area contributed by atoms with E-state index in [1.807, 2.05) is 11.8 Å². The first-order chi connectivity index (χ1) is 10.6. The number of urea groups is 1. The maximum atomic E-state index is 11.9. The lowest BCUT2D eigenvalue weighted by atomic mass is 10.0. The number of piperidine rings is 1. The van der Waals surface area contributed by atoms with Crippen molar-refractivity contribution in [2.24, 2.45) is 0 Å². The van der Waals surface area contributed by atoms with Crippen molar-refractivity contribution in [3.8, 4) is 0 Å². The predicted octanol–water partition coefficient (Wildman–Crippen LogP) is 1.60. The van der Waals surface area contributed by atoms with Gasteiger partial charge < -0.3 is 20.4 Å². The van der Waals surface area contributed by atoms with Gasteiger partial charge in [0.2, 0.25) is 0 Å². The summed E-state index contributed by atoms with van der Waals surface area (Å²) in [7, 11) is 4.33. The van der Waals surface area contributed by atoms with Gasteiger partial charge in [-0.25, -0.2) is 4.79 Å². The Bertz CT molecular complexity index is 345. The van der Waals surface area contributed by atoms with Crippen LogP contribution >= 0.6 is 11.8 Å². The van der Waals surface area contributed by atoms with Crippen LogP contribution in [-0.4, -0.2) is 79.7 Å². The summed E-state index contributed by atoms with van der Waals surface area (Å²) in [6.07, 6.45) is 8.10. The van der Waals surface area contributed by atoms with Crippen LogP contribution in [0.15, 0.2) is 0 Å². The van der Waals surface area contributed by atoms with Gasteiger partial charge in [0, 0.05) is 30.4 Å². The van der Waals surface area contributed by atoms with Crippen LogP contribution in [0.2, 0.25) is 0 Å². The number of hydrogen-bond donors (Lipinski definition) is 2. The molecule has 0 aromatic heterocycles. The summed E-state index contributed by atoms with van der Waals surface area (Å²) in [5.41, 5.74) is 0. The summed E-state index contributed by atoms with van der Waals surface area (Å²) in [4.78, 5) is 16.7. The van der Waals surface area contributed by atoms with Crippen LogP contribution in [0.1, 0.15) is 32.1 Å². The number of likely N-dealkylation sites (tertiary alicyclic amines) is 1. The lowest BCUT2D eigenvalue weighted by Gasteiger charge is -2.35. The van der Waals surface area contributed by atoms with Gasteiger partial charge in [0.15, 0.2) is 0 Å². The first-order valence-electron chi connectivity index (χ1n) is 8.54. The van der Waals surface area contributed by atoms with Crippen molar-refractivity contribution in [2.45, 2.75) is 49.4 Å². The van der Waals surface area contributed by atoms with E-state index >= 15 is 0 Å². The zero-order valence-corrected chi connectivity index (χ0v) is 15.1. The topological polar surface area (TPSA) is 47.6 Å². The fourth-order valence-corrected chi connectivity index (χ4v) is 4.31. The molecule has 2 rings (SSSR count). The van der Waals surface area contributed by atoms with E-state index in [2.05, 4.69) is 40.8 Å². The Morgan fingerprint density at radius 2 is 1.95 bits per heavy atom. The van der Waals surface area contributed by atoms with Gasteiger partial charge in [-0.2, -0.15) is 11.8 Å². The van der Waals surface area contributed by atoms with Crippen molar-refractivity contribution in [1.29, 1.82) is 0 Å². The number of rotatable bonds is 6. The molecular formula is C16H32N4OS. The zero-order valence-electron chi connectivity index (χ0n) is 14.3. The minimum atomic E-state index is 0.00919. The van der Waals surface area contributed by atoms with Crippen LogP contribution in [-0.2, 0) is 0 Å². The maximum absolute atomic E-state index is 11.9. The van der Waals surface area contributed by atoms with Crippen molar-refractivity contribution >= 4 is 17.8 Å². The normalized spacial score (nSPS) is 27.3. The molecule has 1 saturated carbocycles. The first kappa shape index (κ1) is 17.9. The molecule has 1 aliphatic carbocycles. The van der Waals surface area contributed by atoms with Gasteiger partial charge in [-0.1, -0.05) is 0 Å². The van der Waals surface area contributed by atoms with Gasteiger partial charge in [-0.05, 0) is 65.5 Å². The highest BCUT2D eigenvalue weighted by Crippen LogP contribution is 2.27. The van der Waals surface area contributed by atoms with Crippen molar-refractivity contribution in [2.75, 3.05) is 46.5 Å². The fourth-order valence-electron chi connectivity index (χ4n) is 3.51. The third kappa shape index (κ3) is 5.63. The summed E-state index contributed by atoms with van der Waals surface area (Å²) in [5, 5.41) is 6.85. The number of amides is 2. The molecule has 0 unspecified atom stereocenters. The molecule has 0 aromatic rings. The Balaban J connectivity index is 1.54. The largest absolute Gasteiger partial charge is 0.337 e. The van der Waals surface area contributed by atoms with Crippen molar-refractivity contribution < 1.29 is 4.79 Å². The second kappa shape index (κ2) is 8.99. The highest BCUT2D eigenvalue weighted by atomic mass is 32.2. The smallest absolute Gasteiger partial charge is 0.315 e. The Labute approximate surface area is 139 Å². The Kier molecular flexibility index (Phi) is 7.31. The second-order valence-corrected chi connectivity index (χ2v) is 7.94. The number of nitrogens with one attached hydrogen (secondary N) is 2. The predicted molar refractivity (Wildman–Crippen MR) is 94.6 cm³/mol. The minimum Gasteiger partial charge on any atom is -0.337 e. The fraction of sp³-hybridized carbons (Fsp3) is 0.938. The molecule has 2 atom stereocenters. The molecule has 22 heavy (non-hydrogen) atoms. The molecule has 0 bridgehead atoms. The average Bonchev–Trinajstić information content (AvgIpc) is 2.95. The minimum absolute atomic E-state index is 0.00919. The van der Waals surface area contributed by atoms with Crippen LogP contribution < -0.4 is 10.6 Å². The summed E-state index contributed by atoms with van der Waals surface area (Å²) in [6.45, 7) is 4.00. The van der Waals surface area contributed by atoms with E-state index < -0.39 is 0 Å². The number of hydrogen-bond acceptors (Lipinski definition) is 4. The van der Waals surface area contributed by atoms with Crippen molar-refractivity contribution in [1.82, 2.24) is 20.4 Å². The summed E-state index contributed by atoms with van der Waals surface area (Å²) in [6, 6.07) is 1.10. The van der Waals surface area contributed by atoms with Crippen LogP contribution in [0.3, 0.4) is 0 Å². The summed E-state index contributed by atoms with van der Waals surface area (Å²) >= 11 is 1.92. The van der Waals surface area contributed by atoms with Crippen LogP contribution in [0.25, 0.3) is 0 Å². The molecule has 0 spiro atoms. The Hall–Kier alpha value is -0.460. The molecule has 1 heterocycles. The lowest BCUT2D eigenvalue weighted by Crippen LogP contribution is -2.46. The van der Waals surface area contributed by atoms with E-state index in [0.29, 0.717) is 6.04 Å². The van der Waals surface area contributed by atoms with Gasteiger partial charge in [-0.15, -0.1) is 0 Å². The second-order valence-electron chi connectivity index (χ2n) is 6.80. The van der Waals surface area contributed by atoms with E-state index in [4.69, 9.17) is 0 Å². The maximum Gasteiger partial charge on any atom is 0.315 e. The van der Waals surface area contributed by atoms with Crippen molar-refractivity contribution in [3.63, 3.8) is 0 Å². The van der Waals surface area contributed by atoms with E-state index in [1.165, 1.54) is 19.3 Å². The molecule has 6 heteroatoms. The number of carbonyl (C=O) groups is 1. The van der Waals surface area contributed by atoms with Gasteiger partial charge >= 0.3 is 6.03 Å². The highest BCUT2D eigenvalue weighted by molar-refractivity contribution is 7.99. The highest BCUT2D eigenvalue weighted by Gasteiger charge is 2.25. The zero-order chi connectivity index (χ0) is 15.9. The van der Waals surface area contributed by atoms with Gasteiger partial charge in [0.1, 0.15) is 0 Å². The van der Waals surface area contributed by atoms with E-state index in [-0.39, 0.29) is 6.03 Å². The monoisotopic (exact) mass is 328 g/mol. The Morgan fingerprint density at radius 1 is 1.23 bits per heavy atom. The van der Waals surface area contributed by atoms with E-state index in [1.54, 1.807) is 0 Å². The average molecular weight is 329 g/mol. The lowest BCUT2D eigenvalue weighted by molar-refractivity contribution is 0.145. The molecule has 0 aromatic carbocycles. The number of nitrogens with zero attached hydrogens (tertiary/aromatic N) is 2. The molecule has 1 aliphatic heterocycles. The van der Waals surface area contributed by atoms with Gasteiger partial charge in [0.05, 0.1) is 0 Å². The molecule has 2 N–H and O–H groups in total. The first-order valence-corrected chi connectivity index (χ1v) is 9.83. The Morgan fingerprint density at radius 3 is 2.55 bits per heavy atom. The van der Waals surface area contributed by atoms with Crippen LogP contribution in [0.5, 0.6) is 0 Å². The molecule has 1 saturated heterocycles. The molecule has 0 radical (unpaired) electrons. The summed E-state index contributed by atoms with van der Waals surface area (Å²) < 4.78 is 0. The molecular weight excluding hydrogens is 296 g/mol. The molecule has 5 nitrogen and oxygen atoms in total. The third-order valence-corrected chi connectivity index (χ3v) is 6.15. The number of thioether (sulfide) groups is 1. The van der Waals surface area contributed by atoms with Crippen LogP contribution in [0, 0.1) is 0 Å². The molecule has 2 aliphatic rings. The quantitative estimate of drug-likeness (QED) is 0.777. The molecule has 128 valence electrons. The van der Waals surface area contributed by atoms with Gasteiger partial charge in [0.25, 0.3) is 0 Å². The summed E-state index contributed by atoms with van der Waals surface area (Å²) in [5.74, 6) is 0. The van der Waals surface area contributed by atoms with E-state index in [0.717, 1.165) is 50.3 Å². The molecule has 2 fully saturated rings. The number of carbonyl (C=O) groups excluding carboxylic acids is 1. The van der Waals surface area contributed by atoms with Crippen LogP contribution in [0.4, 0.5) is 4.79 Å².